The predicted octanol–water partition coefficient (Wildman–Crippen LogP) is 1.46. The first kappa shape index (κ1) is 13.3. The number of nitrogens with zero attached hydrogens (tertiary/aromatic N) is 3. The molecule has 0 spiro atoms. The maximum Gasteiger partial charge on any atom is 0.407 e. The number of amides is 1. The van der Waals surface area contributed by atoms with Gasteiger partial charge in [-0.15, -0.1) is 0 Å². The number of benzene rings is 1. The van der Waals surface area contributed by atoms with Gasteiger partial charge in [-0.05, 0) is 12.1 Å². The van der Waals surface area contributed by atoms with E-state index in [9.17, 15) is 4.79 Å². The summed E-state index contributed by atoms with van der Waals surface area (Å²) in [5.41, 5.74) is 8.52. The SMILES string of the molecule is Nc1cc(-c2ccc(N3CCN(C(=O)O)CC3)cc2)n[nH]1. The highest BCUT2D eigenvalue weighted by Gasteiger charge is 2.20. The van der Waals surface area contributed by atoms with Crippen molar-refractivity contribution in [1.29, 1.82) is 0 Å². The van der Waals surface area contributed by atoms with Gasteiger partial charge in [0, 0.05) is 43.5 Å². The Morgan fingerprint density at radius 2 is 1.86 bits per heavy atom. The second-order valence-corrected chi connectivity index (χ2v) is 5.01. The summed E-state index contributed by atoms with van der Waals surface area (Å²) >= 11 is 0. The summed E-state index contributed by atoms with van der Waals surface area (Å²) in [5.74, 6) is 0.541. The molecule has 4 N–H and O–H groups in total. The lowest BCUT2D eigenvalue weighted by Crippen LogP contribution is -2.48. The normalized spacial score (nSPS) is 15.2. The van der Waals surface area contributed by atoms with E-state index in [1.54, 1.807) is 6.07 Å². The van der Waals surface area contributed by atoms with E-state index in [0.717, 1.165) is 16.9 Å². The molecule has 0 radical (unpaired) electrons. The Bertz CT molecular complexity index is 629. The Morgan fingerprint density at radius 3 is 2.38 bits per heavy atom. The zero-order valence-corrected chi connectivity index (χ0v) is 11.5. The Hall–Kier alpha value is -2.70. The topological polar surface area (TPSA) is 98.5 Å². The van der Waals surface area contributed by atoms with Crippen LogP contribution in [0, 0.1) is 0 Å². The maximum absolute atomic E-state index is 10.9. The van der Waals surface area contributed by atoms with Crippen molar-refractivity contribution in [3.8, 4) is 11.3 Å². The highest BCUT2D eigenvalue weighted by molar-refractivity contribution is 5.67. The van der Waals surface area contributed by atoms with Gasteiger partial charge in [0.15, 0.2) is 0 Å². The quantitative estimate of drug-likeness (QED) is 0.776. The van der Waals surface area contributed by atoms with Crippen LogP contribution in [0.25, 0.3) is 11.3 Å². The minimum Gasteiger partial charge on any atom is -0.465 e. The smallest absolute Gasteiger partial charge is 0.407 e. The Morgan fingerprint density at radius 1 is 1.19 bits per heavy atom. The molecule has 2 heterocycles. The maximum atomic E-state index is 10.9. The molecule has 110 valence electrons. The van der Waals surface area contributed by atoms with E-state index in [4.69, 9.17) is 10.8 Å². The highest BCUT2D eigenvalue weighted by Crippen LogP contribution is 2.23. The zero-order chi connectivity index (χ0) is 14.8. The molecule has 0 saturated carbocycles. The molecular formula is C14H17N5O2. The fourth-order valence-corrected chi connectivity index (χ4v) is 2.48. The number of nitrogens with two attached hydrogens (primary N) is 1. The lowest BCUT2D eigenvalue weighted by atomic mass is 10.1. The van der Waals surface area contributed by atoms with Crippen LogP contribution in [-0.2, 0) is 0 Å². The molecule has 1 aliphatic rings. The summed E-state index contributed by atoms with van der Waals surface area (Å²) in [7, 11) is 0. The van der Waals surface area contributed by atoms with E-state index in [1.165, 1.54) is 4.90 Å². The van der Waals surface area contributed by atoms with E-state index in [1.807, 2.05) is 24.3 Å². The fourth-order valence-electron chi connectivity index (χ4n) is 2.48. The molecule has 1 fully saturated rings. The van der Waals surface area contributed by atoms with Crippen LogP contribution < -0.4 is 10.6 Å². The fraction of sp³-hybridized carbons (Fsp3) is 0.286. The monoisotopic (exact) mass is 287 g/mol. The van der Waals surface area contributed by atoms with Gasteiger partial charge < -0.3 is 20.6 Å². The molecule has 7 heteroatoms. The number of rotatable bonds is 2. The van der Waals surface area contributed by atoms with Crippen LogP contribution in [0.4, 0.5) is 16.3 Å². The van der Waals surface area contributed by atoms with Crippen LogP contribution in [0.1, 0.15) is 0 Å². The van der Waals surface area contributed by atoms with Gasteiger partial charge in [-0.25, -0.2) is 4.79 Å². The molecule has 1 saturated heterocycles. The van der Waals surface area contributed by atoms with E-state index < -0.39 is 6.09 Å². The van der Waals surface area contributed by atoms with Gasteiger partial charge in [0.1, 0.15) is 5.82 Å². The lowest BCUT2D eigenvalue weighted by molar-refractivity contribution is 0.142. The van der Waals surface area contributed by atoms with Gasteiger partial charge in [0.2, 0.25) is 0 Å². The van der Waals surface area contributed by atoms with Gasteiger partial charge in [-0.2, -0.15) is 5.10 Å². The number of anilines is 2. The molecule has 2 aromatic rings. The number of carbonyl (C=O) groups is 1. The summed E-state index contributed by atoms with van der Waals surface area (Å²) < 4.78 is 0. The first-order valence-corrected chi connectivity index (χ1v) is 6.77. The molecule has 0 unspecified atom stereocenters. The molecule has 3 rings (SSSR count). The van der Waals surface area contributed by atoms with Crippen LogP contribution in [0.2, 0.25) is 0 Å². The van der Waals surface area contributed by atoms with Crippen LogP contribution >= 0.6 is 0 Å². The zero-order valence-electron chi connectivity index (χ0n) is 11.5. The molecule has 0 aliphatic carbocycles. The largest absolute Gasteiger partial charge is 0.465 e. The second-order valence-electron chi connectivity index (χ2n) is 5.01. The van der Waals surface area contributed by atoms with E-state index >= 15 is 0 Å². The van der Waals surface area contributed by atoms with Crippen molar-refractivity contribution in [2.75, 3.05) is 36.8 Å². The van der Waals surface area contributed by atoms with Crippen molar-refractivity contribution in [3.63, 3.8) is 0 Å². The van der Waals surface area contributed by atoms with Gasteiger partial charge in [0.05, 0.1) is 5.69 Å². The average Bonchev–Trinajstić information content (AvgIpc) is 2.94. The lowest BCUT2D eigenvalue weighted by Gasteiger charge is -2.34. The number of nitrogens with one attached hydrogen (secondary N) is 1. The summed E-state index contributed by atoms with van der Waals surface area (Å²) in [6, 6.07) is 9.83. The molecule has 1 aliphatic heterocycles. The Balaban J connectivity index is 1.69. The molecule has 0 atom stereocenters. The van der Waals surface area contributed by atoms with Gasteiger partial charge in [-0.3, -0.25) is 5.10 Å². The average molecular weight is 287 g/mol. The first-order valence-electron chi connectivity index (χ1n) is 6.77. The van der Waals surface area contributed by atoms with Crippen LogP contribution in [0.3, 0.4) is 0 Å². The third kappa shape index (κ3) is 2.76. The summed E-state index contributed by atoms with van der Waals surface area (Å²) in [6.45, 7) is 2.49. The van der Waals surface area contributed by atoms with E-state index in [2.05, 4.69) is 15.1 Å². The first-order chi connectivity index (χ1) is 10.1. The number of aromatic amines is 1. The van der Waals surface area contributed by atoms with E-state index in [-0.39, 0.29) is 0 Å². The summed E-state index contributed by atoms with van der Waals surface area (Å²) in [6.07, 6.45) is -0.846. The number of carboxylic acid groups (broad SMARTS) is 1. The third-order valence-electron chi connectivity index (χ3n) is 3.68. The summed E-state index contributed by atoms with van der Waals surface area (Å²) in [4.78, 5) is 14.5. The molecule has 1 aromatic carbocycles. The van der Waals surface area contributed by atoms with Gasteiger partial charge in [-0.1, -0.05) is 12.1 Å². The Labute approximate surface area is 122 Å². The van der Waals surface area contributed by atoms with Crippen LogP contribution in [0.15, 0.2) is 30.3 Å². The molecule has 7 nitrogen and oxygen atoms in total. The van der Waals surface area contributed by atoms with Crippen molar-refractivity contribution >= 4 is 17.6 Å². The minimum absolute atomic E-state index is 0.535. The van der Waals surface area contributed by atoms with Crippen molar-refractivity contribution in [1.82, 2.24) is 15.1 Å². The predicted molar refractivity (Wildman–Crippen MR) is 80.2 cm³/mol. The van der Waals surface area contributed by atoms with Crippen molar-refractivity contribution < 1.29 is 9.90 Å². The number of hydrogen-bond donors (Lipinski definition) is 3. The number of piperazine rings is 1. The standard InChI is InChI=1S/C14H17N5O2/c15-13-9-12(16-17-13)10-1-3-11(4-2-10)18-5-7-19(8-6-18)14(20)21/h1-4,9H,5-8H2,(H,20,21)(H3,15,16,17). The number of H-pyrrole nitrogens is 1. The highest BCUT2D eigenvalue weighted by atomic mass is 16.4. The van der Waals surface area contributed by atoms with Crippen molar-refractivity contribution in [2.24, 2.45) is 0 Å². The number of nitrogen functional groups attached to an aromatic ring is 1. The summed E-state index contributed by atoms with van der Waals surface area (Å²) in [5, 5.41) is 15.8. The van der Waals surface area contributed by atoms with Crippen LogP contribution in [-0.4, -0.2) is 52.5 Å². The molecule has 0 bridgehead atoms. The van der Waals surface area contributed by atoms with Crippen molar-refractivity contribution in [2.45, 2.75) is 0 Å². The molecule has 1 amide bonds. The van der Waals surface area contributed by atoms with Gasteiger partial charge in [0.25, 0.3) is 0 Å². The Kier molecular flexibility index (Phi) is 3.39. The molecule has 1 aromatic heterocycles. The number of aromatic nitrogens is 2. The van der Waals surface area contributed by atoms with Gasteiger partial charge >= 0.3 is 6.09 Å². The second kappa shape index (κ2) is 5.35. The number of hydrogen-bond acceptors (Lipinski definition) is 4. The van der Waals surface area contributed by atoms with E-state index in [0.29, 0.717) is 32.0 Å². The third-order valence-corrected chi connectivity index (χ3v) is 3.68. The van der Waals surface area contributed by atoms with Crippen molar-refractivity contribution in [3.05, 3.63) is 30.3 Å². The minimum atomic E-state index is -0.846. The molecule has 21 heavy (non-hydrogen) atoms. The van der Waals surface area contributed by atoms with Crippen LogP contribution in [0.5, 0.6) is 0 Å². The molecular weight excluding hydrogens is 270 g/mol.